The van der Waals surface area contributed by atoms with Gasteiger partial charge in [-0.1, -0.05) is 12.1 Å². The number of nitrogens with one attached hydrogen (secondary N) is 1. The number of para-hydroxylation sites is 1. The average molecular weight is 167 g/mol. The van der Waals surface area contributed by atoms with Crippen LogP contribution in [0.3, 0.4) is 0 Å². The molecular weight excluding hydrogens is 158 g/mol. The molecule has 1 aliphatic heterocycles. The first-order chi connectivity index (χ1) is 5.38. The minimum atomic E-state index is -0.778. The summed E-state index contributed by atoms with van der Waals surface area (Å²) in [6.07, 6.45) is 0. The molecule has 0 saturated heterocycles. The number of fused-ring (bicyclic) bond motifs is 1. The van der Waals surface area contributed by atoms with Crippen molar-refractivity contribution in [3.8, 4) is 0 Å². The van der Waals surface area contributed by atoms with E-state index in [0.717, 1.165) is 22.9 Å². The molecule has 1 heterocycles. The van der Waals surface area contributed by atoms with E-state index in [9.17, 15) is 4.21 Å². The van der Waals surface area contributed by atoms with Crippen LogP contribution < -0.4 is 5.32 Å². The van der Waals surface area contributed by atoms with Gasteiger partial charge in [0.05, 0.1) is 21.4 Å². The van der Waals surface area contributed by atoms with Crippen molar-refractivity contribution in [2.45, 2.75) is 4.90 Å². The molecule has 0 aromatic heterocycles. The molecule has 1 aromatic carbocycles. The van der Waals surface area contributed by atoms with Crippen molar-refractivity contribution in [1.29, 1.82) is 0 Å². The first-order valence-corrected chi connectivity index (χ1v) is 4.91. The van der Waals surface area contributed by atoms with E-state index in [1.54, 1.807) is 0 Å². The molecule has 0 spiro atoms. The van der Waals surface area contributed by atoms with E-state index < -0.39 is 10.8 Å². The molecule has 2 nitrogen and oxygen atoms in total. The van der Waals surface area contributed by atoms with Crippen molar-refractivity contribution in [2.75, 3.05) is 17.6 Å². The van der Waals surface area contributed by atoms with Crippen molar-refractivity contribution < 1.29 is 4.21 Å². The van der Waals surface area contributed by atoms with Gasteiger partial charge in [-0.3, -0.25) is 4.21 Å². The van der Waals surface area contributed by atoms with Crippen LogP contribution in [-0.4, -0.2) is 16.5 Å². The van der Waals surface area contributed by atoms with Gasteiger partial charge in [-0.2, -0.15) is 0 Å². The third kappa shape index (κ3) is 1.16. The summed E-state index contributed by atoms with van der Waals surface area (Å²) in [6, 6.07) is 7.75. The maximum atomic E-state index is 11.4. The maximum Gasteiger partial charge on any atom is 0.0620 e. The summed E-state index contributed by atoms with van der Waals surface area (Å²) in [4.78, 5) is 0.943. The fraction of sp³-hybridized carbons (Fsp3) is 0.250. The Labute approximate surface area is 68.1 Å². The lowest BCUT2D eigenvalue weighted by atomic mass is 10.3. The molecule has 3 heteroatoms. The topological polar surface area (TPSA) is 29.1 Å². The SMILES string of the molecule is O=[S@@]1CCNc2ccccc21. The first-order valence-electron chi connectivity index (χ1n) is 3.59. The summed E-state index contributed by atoms with van der Waals surface area (Å²) < 4.78 is 11.4. The Balaban J connectivity index is 2.52. The zero-order chi connectivity index (χ0) is 7.68. The fourth-order valence-corrected chi connectivity index (χ4v) is 2.32. The average Bonchev–Trinajstić information content (AvgIpc) is 2.06. The first kappa shape index (κ1) is 6.85. The van der Waals surface area contributed by atoms with E-state index in [2.05, 4.69) is 5.32 Å². The molecule has 1 atom stereocenters. The number of anilines is 1. The van der Waals surface area contributed by atoms with Crippen LogP contribution in [0.15, 0.2) is 29.2 Å². The largest absolute Gasteiger partial charge is 0.383 e. The van der Waals surface area contributed by atoms with Gasteiger partial charge in [-0.05, 0) is 12.1 Å². The Hall–Kier alpha value is -0.830. The molecule has 0 amide bonds. The van der Waals surface area contributed by atoms with Gasteiger partial charge >= 0.3 is 0 Å². The van der Waals surface area contributed by atoms with Crippen LogP contribution in [0.4, 0.5) is 5.69 Å². The Morgan fingerprint density at radius 2 is 2.18 bits per heavy atom. The predicted octanol–water partition coefficient (Wildman–Crippen LogP) is 1.22. The molecule has 0 saturated carbocycles. The molecule has 0 fully saturated rings. The smallest absolute Gasteiger partial charge is 0.0620 e. The number of hydrogen-bond donors (Lipinski definition) is 1. The van der Waals surface area contributed by atoms with E-state index >= 15 is 0 Å². The van der Waals surface area contributed by atoms with Crippen LogP contribution in [0, 0.1) is 0 Å². The number of hydrogen-bond acceptors (Lipinski definition) is 2. The van der Waals surface area contributed by atoms with Crippen molar-refractivity contribution >= 4 is 16.5 Å². The highest BCUT2D eigenvalue weighted by Gasteiger charge is 2.13. The van der Waals surface area contributed by atoms with Crippen molar-refractivity contribution in [2.24, 2.45) is 0 Å². The van der Waals surface area contributed by atoms with Gasteiger partial charge in [0.1, 0.15) is 0 Å². The highest BCUT2D eigenvalue weighted by molar-refractivity contribution is 7.85. The van der Waals surface area contributed by atoms with Crippen molar-refractivity contribution in [1.82, 2.24) is 0 Å². The second-order valence-electron chi connectivity index (χ2n) is 2.47. The lowest BCUT2D eigenvalue weighted by Crippen LogP contribution is -2.18. The zero-order valence-electron chi connectivity index (χ0n) is 6.04. The van der Waals surface area contributed by atoms with Crippen LogP contribution >= 0.6 is 0 Å². The standard InChI is InChI=1S/C8H9NOS/c10-11-6-5-9-7-3-1-2-4-8(7)11/h1-4,9H,5-6H2/t11-/m1/s1. The van der Waals surface area contributed by atoms with Crippen molar-refractivity contribution in [3.05, 3.63) is 24.3 Å². The third-order valence-electron chi connectivity index (χ3n) is 1.74. The Morgan fingerprint density at radius 3 is 3.00 bits per heavy atom. The molecule has 0 bridgehead atoms. The number of benzene rings is 1. The summed E-state index contributed by atoms with van der Waals surface area (Å²) in [7, 11) is -0.778. The molecule has 58 valence electrons. The fourth-order valence-electron chi connectivity index (χ4n) is 1.20. The minimum Gasteiger partial charge on any atom is -0.383 e. The second kappa shape index (κ2) is 2.66. The lowest BCUT2D eigenvalue weighted by molar-refractivity contribution is 0.682. The van der Waals surface area contributed by atoms with E-state index in [1.165, 1.54) is 0 Å². The van der Waals surface area contributed by atoms with Gasteiger partial charge in [0.15, 0.2) is 0 Å². The highest BCUT2D eigenvalue weighted by atomic mass is 32.2. The summed E-state index contributed by atoms with van der Waals surface area (Å²) in [6.45, 7) is 0.823. The number of rotatable bonds is 0. The van der Waals surface area contributed by atoms with Crippen LogP contribution in [0.25, 0.3) is 0 Å². The van der Waals surface area contributed by atoms with Crippen molar-refractivity contribution in [3.63, 3.8) is 0 Å². The Kier molecular flexibility index (Phi) is 1.66. The van der Waals surface area contributed by atoms with Gasteiger partial charge < -0.3 is 5.32 Å². The van der Waals surface area contributed by atoms with Gasteiger partial charge in [-0.15, -0.1) is 0 Å². The van der Waals surface area contributed by atoms with Gasteiger partial charge in [-0.25, -0.2) is 0 Å². The highest BCUT2D eigenvalue weighted by Crippen LogP contribution is 2.21. The van der Waals surface area contributed by atoms with Crippen LogP contribution in [0.5, 0.6) is 0 Å². The van der Waals surface area contributed by atoms with Crippen LogP contribution in [-0.2, 0) is 10.8 Å². The lowest BCUT2D eigenvalue weighted by Gasteiger charge is -2.16. The molecular formula is C8H9NOS. The third-order valence-corrected chi connectivity index (χ3v) is 3.16. The second-order valence-corrected chi connectivity index (χ2v) is 4.01. The Morgan fingerprint density at radius 1 is 1.36 bits per heavy atom. The van der Waals surface area contributed by atoms with E-state index in [4.69, 9.17) is 0 Å². The molecule has 1 aliphatic rings. The van der Waals surface area contributed by atoms with E-state index in [-0.39, 0.29) is 0 Å². The molecule has 0 radical (unpaired) electrons. The summed E-state index contributed by atoms with van der Waals surface area (Å²) in [5.74, 6) is 0.733. The Bertz CT molecular complexity index is 298. The monoisotopic (exact) mass is 167 g/mol. The molecule has 1 N–H and O–H groups in total. The minimum absolute atomic E-state index is 0.733. The van der Waals surface area contributed by atoms with Gasteiger partial charge in [0, 0.05) is 12.3 Å². The predicted molar refractivity (Wildman–Crippen MR) is 46.2 cm³/mol. The molecule has 11 heavy (non-hydrogen) atoms. The maximum absolute atomic E-state index is 11.4. The molecule has 2 rings (SSSR count). The molecule has 1 aromatic rings. The van der Waals surface area contributed by atoms with Crippen LogP contribution in [0.2, 0.25) is 0 Å². The quantitative estimate of drug-likeness (QED) is 0.629. The summed E-state index contributed by atoms with van der Waals surface area (Å²) in [5, 5.41) is 3.20. The molecule has 0 unspecified atom stereocenters. The van der Waals surface area contributed by atoms with E-state index in [0.29, 0.717) is 0 Å². The van der Waals surface area contributed by atoms with Gasteiger partial charge in [0.25, 0.3) is 0 Å². The molecule has 0 aliphatic carbocycles. The van der Waals surface area contributed by atoms with Crippen LogP contribution in [0.1, 0.15) is 0 Å². The summed E-state index contributed by atoms with van der Waals surface area (Å²) in [5.41, 5.74) is 1.03. The van der Waals surface area contributed by atoms with Gasteiger partial charge in [0.2, 0.25) is 0 Å². The van der Waals surface area contributed by atoms with E-state index in [1.807, 2.05) is 24.3 Å². The summed E-state index contributed by atoms with van der Waals surface area (Å²) >= 11 is 0. The normalized spacial score (nSPS) is 22.0. The zero-order valence-corrected chi connectivity index (χ0v) is 6.86.